The molecule has 1 fully saturated rings. The van der Waals surface area contributed by atoms with Crippen LogP contribution in [0.3, 0.4) is 0 Å². The summed E-state index contributed by atoms with van der Waals surface area (Å²) in [5.74, 6) is 0. The molecule has 1 aromatic carbocycles. The van der Waals surface area contributed by atoms with Gasteiger partial charge in [-0.15, -0.1) is 0 Å². The van der Waals surface area contributed by atoms with E-state index in [1.54, 1.807) is 37.4 Å². The van der Waals surface area contributed by atoms with E-state index < -0.39 is 10.0 Å². The van der Waals surface area contributed by atoms with Crippen LogP contribution in [0.2, 0.25) is 0 Å². The molecule has 1 aliphatic rings. The smallest absolute Gasteiger partial charge is 0.243 e. The maximum Gasteiger partial charge on any atom is 0.243 e. The first kappa shape index (κ1) is 14.5. The molecule has 1 saturated heterocycles. The maximum atomic E-state index is 12.6. The van der Waals surface area contributed by atoms with Crippen molar-refractivity contribution in [3.05, 3.63) is 30.3 Å². The van der Waals surface area contributed by atoms with Crippen LogP contribution in [0.25, 0.3) is 0 Å². The number of benzene rings is 1. The minimum Gasteiger partial charge on any atom is -0.381 e. The molecular formula is C13H20N2O3S. The lowest BCUT2D eigenvalue weighted by Gasteiger charge is -2.37. The summed E-state index contributed by atoms with van der Waals surface area (Å²) in [6, 6.07) is 8.30. The van der Waals surface area contributed by atoms with Crippen molar-refractivity contribution in [1.29, 1.82) is 0 Å². The maximum absolute atomic E-state index is 12.6. The molecule has 5 nitrogen and oxygen atoms in total. The van der Waals surface area contributed by atoms with E-state index in [0.717, 1.165) is 0 Å². The minimum absolute atomic E-state index is 0.0933. The molecule has 0 amide bonds. The zero-order valence-electron chi connectivity index (χ0n) is 11.0. The van der Waals surface area contributed by atoms with Crippen molar-refractivity contribution >= 4 is 10.0 Å². The van der Waals surface area contributed by atoms with Crippen molar-refractivity contribution in [1.82, 2.24) is 4.31 Å². The summed E-state index contributed by atoms with van der Waals surface area (Å²) in [4.78, 5) is 0.323. The fraction of sp³-hybridized carbons (Fsp3) is 0.538. The molecular weight excluding hydrogens is 264 g/mol. The molecule has 2 unspecified atom stereocenters. The number of nitrogens with two attached hydrogens (primary N) is 1. The van der Waals surface area contributed by atoms with E-state index in [9.17, 15) is 8.42 Å². The standard InChI is InChI=1S/C13H20N2O3S/c1-18-12-7-8-15(11(9-12)10-14)19(16,17)13-5-3-2-4-6-13/h2-6,11-12H,7-10,14H2,1H3. The second-order valence-corrected chi connectivity index (χ2v) is 6.59. The van der Waals surface area contributed by atoms with Gasteiger partial charge in [0.1, 0.15) is 0 Å². The molecule has 0 radical (unpaired) electrons. The van der Waals surface area contributed by atoms with Crippen LogP contribution >= 0.6 is 0 Å². The second kappa shape index (κ2) is 6.00. The number of rotatable bonds is 4. The summed E-state index contributed by atoms with van der Waals surface area (Å²) in [5.41, 5.74) is 5.72. The summed E-state index contributed by atoms with van der Waals surface area (Å²) in [7, 11) is -1.80. The number of sulfonamides is 1. The van der Waals surface area contributed by atoms with E-state index in [0.29, 0.717) is 30.8 Å². The number of methoxy groups -OCH3 is 1. The summed E-state index contributed by atoms with van der Waals surface area (Å²) >= 11 is 0. The van der Waals surface area contributed by atoms with E-state index >= 15 is 0 Å². The Labute approximate surface area is 114 Å². The number of ether oxygens (including phenoxy) is 1. The summed E-state index contributed by atoms with van der Waals surface area (Å²) in [5, 5.41) is 0. The quantitative estimate of drug-likeness (QED) is 0.888. The minimum atomic E-state index is -3.46. The predicted molar refractivity (Wildman–Crippen MR) is 73.2 cm³/mol. The third kappa shape index (κ3) is 2.97. The van der Waals surface area contributed by atoms with E-state index in [-0.39, 0.29) is 12.1 Å². The highest BCUT2D eigenvalue weighted by molar-refractivity contribution is 7.89. The van der Waals surface area contributed by atoms with Gasteiger partial charge in [0, 0.05) is 26.2 Å². The van der Waals surface area contributed by atoms with Crippen LogP contribution in [-0.4, -0.2) is 45.1 Å². The topological polar surface area (TPSA) is 72.6 Å². The van der Waals surface area contributed by atoms with Crippen molar-refractivity contribution in [3.8, 4) is 0 Å². The van der Waals surface area contributed by atoms with E-state index in [2.05, 4.69) is 0 Å². The van der Waals surface area contributed by atoms with Gasteiger partial charge in [-0.25, -0.2) is 8.42 Å². The molecule has 0 aliphatic carbocycles. The predicted octanol–water partition coefficient (Wildman–Crippen LogP) is 0.813. The number of nitrogens with zero attached hydrogens (tertiary/aromatic N) is 1. The highest BCUT2D eigenvalue weighted by Gasteiger charge is 2.36. The van der Waals surface area contributed by atoms with Crippen LogP contribution in [0.4, 0.5) is 0 Å². The molecule has 2 N–H and O–H groups in total. The van der Waals surface area contributed by atoms with Crippen LogP contribution in [0.5, 0.6) is 0 Å². The van der Waals surface area contributed by atoms with E-state index in [1.165, 1.54) is 4.31 Å². The van der Waals surface area contributed by atoms with Crippen LogP contribution in [0.15, 0.2) is 35.2 Å². The van der Waals surface area contributed by atoms with E-state index in [1.807, 2.05) is 0 Å². The highest BCUT2D eigenvalue weighted by atomic mass is 32.2. The first-order valence-electron chi connectivity index (χ1n) is 6.39. The largest absolute Gasteiger partial charge is 0.381 e. The van der Waals surface area contributed by atoms with Crippen molar-refractivity contribution in [2.45, 2.75) is 29.9 Å². The fourth-order valence-electron chi connectivity index (χ4n) is 2.46. The van der Waals surface area contributed by atoms with Gasteiger partial charge in [0.25, 0.3) is 0 Å². The molecule has 1 heterocycles. The van der Waals surface area contributed by atoms with Crippen LogP contribution in [0.1, 0.15) is 12.8 Å². The Hall–Kier alpha value is -0.950. The zero-order valence-corrected chi connectivity index (χ0v) is 11.8. The molecule has 1 aliphatic heterocycles. The SMILES string of the molecule is COC1CCN(S(=O)(=O)c2ccccc2)C(CN)C1. The molecule has 0 bridgehead atoms. The first-order valence-corrected chi connectivity index (χ1v) is 7.83. The van der Waals surface area contributed by atoms with Crippen LogP contribution in [0, 0.1) is 0 Å². The molecule has 2 atom stereocenters. The number of hydrogen-bond donors (Lipinski definition) is 1. The van der Waals surface area contributed by atoms with Gasteiger partial charge in [-0.2, -0.15) is 4.31 Å². The Morgan fingerprint density at radius 1 is 1.37 bits per heavy atom. The normalized spacial score (nSPS) is 25.4. The zero-order chi connectivity index (χ0) is 13.9. The van der Waals surface area contributed by atoms with Crippen LogP contribution < -0.4 is 5.73 Å². The number of hydrogen-bond acceptors (Lipinski definition) is 4. The molecule has 19 heavy (non-hydrogen) atoms. The first-order chi connectivity index (χ1) is 9.09. The average molecular weight is 284 g/mol. The molecule has 6 heteroatoms. The lowest BCUT2D eigenvalue weighted by molar-refractivity contribution is 0.0401. The van der Waals surface area contributed by atoms with E-state index in [4.69, 9.17) is 10.5 Å². The summed E-state index contributed by atoms with van der Waals surface area (Å²) in [6.07, 6.45) is 1.45. The molecule has 2 rings (SSSR count). The van der Waals surface area contributed by atoms with Crippen LogP contribution in [-0.2, 0) is 14.8 Å². The highest BCUT2D eigenvalue weighted by Crippen LogP contribution is 2.26. The Bertz CT molecular complexity index is 504. The fourth-order valence-corrected chi connectivity index (χ4v) is 4.15. The molecule has 0 spiro atoms. The monoisotopic (exact) mass is 284 g/mol. The van der Waals surface area contributed by atoms with Gasteiger partial charge in [0.2, 0.25) is 10.0 Å². The van der Waals surface area contributed by atoms with Crippen molar-refractivity contribution in [3.63, 3.8) is 0 Å². The van der Waals surface area contributed by atoms with Crippen molar-refractivity contribution < 1.29 is 13.2 Å². The van der Waals surface area contributed by atoms with Gasteiger partial charge in [-0.05, 0) is 25.0 Å². The summed E-state index contributed by atoms with van der Waals surface area (Å²) in [6.45, 7) is 0.767. The Kier molecular flexibility index (Phi) is 4.57. The molecule has 0 aromatic heterocycles. The van der Waals surface area contributed by atoms with Gasteiger partial charge in [0.05, 0.1) is 11.0 Å². The number of piperidine rings is 1. The Morgan fingerprint density at radius 2 is 2.05 bits per heavy atom. The van der Waals surface area contributed by atoms with Gasteiger partial charge in [-0.3, -0.25) is 0 Å². The third-order valence-electron chi connectivity index (χ3n) is 3.57. The van der Waals surface area contributed by atoms with Gasteiger partial charge >= 0.3 is 0 Å². The lowest BCUT2D eigenvalue weighted by atomic mass is 10.0. The van der Waals surface area contributed by atoms with Gasteiger partial charge < -0.3 is 10.5 Å². The second-order valence-electron chi connectivity index (χ2n) is 4.70. The van der Waals surface area contributed by atoms with Crippen molar-refractivity contribution in [2.75, 3.05) is 20.2 Å². The van der Waals surface area contributed by atoms with Gasteiger partial charge in [0.15, 0.2) is 0 Å². The van der Waals surface area contributed by atoms with Crippen molar-refractivity contribution in [2.24, 2.45) is 5.73 Å². The van der Waals surface area contributed by atoms with Gasteiger partial charge in [-0.1, -0.05) is 18.2 Å². The Balaban J connectivity index is 2.25. The molecule has 0 saturated carbocycles. The third-order valence-corrected chi connectivity index (χ3v) is 5.53. The average Bonchev–Trinajstić information content (AvgIpc) is 2.47. The molecule has 1 aromatic rings. The lowest BCUT2D eigenvalue weighted by Crippen LogP contribution is -2.51. The molecule has 106 valence electrons. The summed E-state index contributed by atoms with van der Waals surface area (Å²) < 4.78 is 32.0. The Morgan fingerprint density at radius 3 is 2.63 bits per heavy atom.